The molecular formula is C28H20ClNO7. The number of rotatable bonds is 4. The van der Waals surface area contributed by atoms with Gasteiger partial charge in [0.2, 0.25) is 29.0 Å². The van der Waals surface area contributed by atoms with Crippen LogP contribution in [-0.4, -0.2) is 43.2 Å². The average Bonchev–Trinajstić information content (AvgIpc) is 3.48. The van der Waals surface area contributed by atoms with Gasteiger partial charge in [0, 0.05) is 22.2 Å². The van der Waals surface area contributed by atoms with E-state index in [2.05, 4.69) is 0 Å². The molecule has 186 valence electrons. The van der Waals surface area contributed by atoms with Gasteiger partial charge in [-0.2, -0.15) is 0 Å². The Morgan fingerprint density at radius 3 is 2.08 bits per heavy atom. The molecule has 37 heavy (non-hydrogen) atoms. The van der Waals surface area contributed by atoms with Crippen molar-refractivity contribution in [2.45, 2.75) is 11.7 Å². The second-order valence-corrected chi connectivity index (χ2v) is 9.52. The zero-order chi connectivity index (χ0) is 26.1. The highest BCUT2D eigenvalue weighted by Gasteiger charge is 2.74. The second kappa shape index (κ2) is 8.26. The molecule has 3 aromatic carbocycles. The molecule has 3 atom stereocenters. The molecule has 0 radical (unpaired) electrons. The molecule has 1 aliphatic carbocycles. The lowest BCUT2D eigenvalue weighted by Crippen LogP contribution is -2.51. The SMILES string of the molecule is COc1ccc(N2C(=O)[C@H]3[C@@H](c4ccc(Cl)cc4)OC4(C(=O)c5ccccc5C4=O)[C@H]3C2=O)c(OC)c1. The Morgan fingerprint density at radius 2 is 1.49 bits per heavy atom. The predicted octanol–water partition coefficient (Wildman–Crippen LogP) is 4.05. The van der Waals surface area contributed by atoms with Crippen LogP contribution in [0.25, 0.3) is 0 Å². The van der Waals surface area contributed by atoms with Crippen molar-refractivity contribution in [3.63, 3.8) is 0 Å². The number of ether oxygens (including phenoxy) is 3. The number of ketones is 2. The van der Waals surface area contributed by atoms with Crippen LogP contribution >= 0.6 is 11.6 Å². The van der Waals surface area contributed by atoms with Gasteiger partial charge in [0.25, 0.3) is 0 Å². The van der Waals surface area contributed by atoms with Gasteiger partial charge >= 0.3 is 0 Å². The molecule has 3 aromatic rings. The van der Waals surface area contributed by atoms with E-state index in [-0.39, 0.29) is 22.6 Å². The average molecular weight is 518 g/mol. The van der Waals surface area contributed by atoms with Crippen molar-refractivity contribution in [1.29, 1.82) is 0 Å². The number of halogens is 1. The van der Waals surface area contributed by atoms with Crippen LogP contribution in [0.1, 0.15) is 32.4 Å². The maximum absolute atomic E-state index is 14.1. The van der Waals surface area contributed by atoms with Crippen molar-refractivity contribution < 1.29 is 33.4 Å². The molecule has 6 rings (SSSR count). The van der Waals surface area contributed by atoms with E-state index in [1.807, 2.05) is 0 Å². The van der Waals surface area contributed by atoms with Crippen molar-refractivity contribution in [2.24, 2.45) is 11.8 Å². The quantitative estimate of drug-likeness (QED) is 0.380. The van der Waals surface area contributed by atoms with Crippen LogP contribution in [0.5, 0.6) is 11.5 Å². The molecule has 9 heteroatoms. The van der Waals surface area contributed by atoms with Gasteiger partial charge in [0.1, 0.15) is 11.5 Å². The standard InChI is InChI=1S/C28H20ClNO7/c1-35-16-11-12-19(20(13-16)36-2)30-26(33)21-22(27(30)34)28(37-23(21)14-7-9-15(29)10-8-14)24(31)17-5-3-4-6-18(17)25(28)32/h3-13,21-23H,1-2H3/t21-,22-,23-/m1/s1. The lowest BCUT2D eigenvalue weighted by atomic mass is 9.77. The summed E-state index contributed by atoms with van der Waals surface area (Å²) in [5.74, 6) is -4.32. The van der Waals surface area contributed by atoms with Crippen LogP contribution in [-0.2, 0) is 14.3 Å². The number of Topliss-reactive ketones (excluding diaryl/α,β-unsaturated/α-hetero) is 2. The smallest absolute Gasteiger partial charge is 0.241 e. The van der Waals surface area contributed by atoms with Crippen molar-refractivity contribution in [3.05, 3.63) is 88.4 Å². The predicted molar refractivity (Wildman–Crippen MR) is 132 cm³/mol. The maximum atomic E-state index is 14.1. The molecule has 2 fully saturated rings. The van der Waals surface area contributed by atoms with E-state index in [0.717, 1.165) is 4.90 Å². The molecule has 0 bridgehead atoms. The van der Waals surface area contributed by atoms with Gasteiger partial charge in [-0.25, -0.2) is 4.90 Å². The fraction of sp³-hybridized carbons (Fsp3) is 0.214. The van der Waals surface area contributed by atoms with Gasteiger partial charge in [-0.1, -0.05) is 48.0 Å². The first-order chi connectivity index (χ1) is 17.8. The molecule has 0 saturated carbocycles. The number of carbonyl (C=O) groups is 4. The molecule has 0 N–H and O–H groups in total. The zero-order valence-electron chi connectivity index (χ0n) is 19.8. The Balaban J connectivity index is 1.54. The van der Waals surface area contributed by atoms with Crippen LogP contribution in [0.4, 0.5) is 5.69 Å². The van der Waals surface area contributed by atoms with Gasteiger partial charge < -0.3 is 14.2 Å². The second-order valence-electron chi connectivity index (χ2n) is 9.08. The molecular weight excluding hydrogens is 498 g/mol. The third-order valence-electron chi connectivity index (χ3n) is 7.35. The fourth-order valence-corrected chi connectivity index (χ4v) is 5.80. The molecule has 3 aliphatic rings. The molecule has 2 saturated heterocycles. The fourth-order valence-electron chi connectivity index (χ4n) is 5.68. The number of benzene rings is 3. The number of imide groups is 1. The molecule has 2 heterocycles. The van der Waals surface area contributed by atoms with E-state index in [1.165, 1.54) is 32.4 Å². The summed E-state index contributed by atoms with van der Waals surface area (Å²) in [5, 5.41) is 0.465. The highest BCUT2D eigenvalue weighted by atomic mass is 35.5. The van der Waals surface area contributed by atoms with Crippen molar-refractivity contribution in [3.8, 4) is 11.5 Å². The van der Waals surface area contributed by atoms with Gasteiger partial charge in [-0.3, -0.25) is 19.2 Å². The minimum absolute atomic E-state index is 0.170. The number of hydrogen-bond acceptors (Lipinski definition) is 7. The summed E-state index contributed by atoms with van der Waals surface area (Å²) in [7, 11) is 2.89. The van der Waals surface area contributed by atoms with E-state index < -0.39 is 46.9 Å². The van der Waals surface area contributed by atoms with E-state index in [9.17, 15) is 19.2 Å². The highest BCUT2D eigenvalue weighted by molar-refractivity contribution is 6.37. The summed E-state index contributed by atoms with van der Waals surface area (Å²) in [4.78, 5) is 56.7. The summed E-state index contributed by atoms with van der Waals surface area (Å²) in [5.41, 5.74) is -1.10. The van der Waals surface area contributed by atoms with E-state index in [4.69, 9.17) is 25.8 Å². The zero-order valence-corrected chi connectivity index (χ0v) is 20.5. The third-order valence-corrected chi connectivity index (χ3v) is 7.60. The summed E-state index contributed by atoms with van der Waals surface area (Å²) < 4.78 is 17.0. The third kappa shape index (κ3) is 3.06. The first-order valence-electron chi connectivity index (χ1n) is 11.5. The van der Waals surface area contributed by atoms with Crippen LogP contribution in [0.15, 0.2) is 66.7 Å². The Hall–Kier alpha value is -4.01. The monoisotopic (exact) mass is 517 g/mol. The van der Waals surface area contributed by atoms with Gasteiger partial charge in [-0.05, 0) is 29.8 Å². The summed E-state index contributed by atoms with van der Waals surface area (Å²) >= 11 is 6.07. The largest absolute Gasteiger partial charge is 0.497 e. The summed E-state index contributed by atoms with van der Waals surface area (Å²) in [6.07, 6.45) is -1.03. The normalized spacial score (nSPS) is 23.5. The Labute approximate surface area is 216 Å². The summed E-state index contributed by atoms with van der Waals surface area (Å²) in [6.45, 7) is 0. The lowest BCUT2D eigenvalue weighted by molar-refractivity contribution is -0.127. The Kier molecular flexibility index (Phi) is 5.22. The van der Waals surface area contributed by atoms with Crippen molar-refractivity contribution in [1.82, 2.24) is 0 Å². The van der Waals surface area contributed by atoms with E-state index >= 15 is 0 Å². The van der Waals surface area contributed by atoms with Crippen LogP contribution in [0.2, 0.25) is 5.02 Å². The Bertz CT molecular complexity index is 1460. The first kappa shape index (κ1) is 23.4. The summed E-state index contributed by atoms with van der Waals surface area (Å²) in [6, 6.07) is 17.6. The number of carbonyl (C=O) groups excluding carboxylic acids is 4. The lowest BCUT2D eigenvalue weighted by Gasteiger charge is -2.27. The van der Waals surface area contributed by atoms with Crippen molar-refractivity contribution >= 4 is 40.7 Å². The molecule has 1 spiro atoms. The molecule has 8 nitrogen and oxygen atoms in total. The van der Waals surface area contributed by atoms with Gasteiger partial charge in [0.15, 0.2) is 0 Å². The van der Waals surface area contributed by atoms with Gasteiger partial charge in [-0.15, -0.1) is 0 Å². The number of anilines is 1. The minimum Gasteiger partial charge on any atom is -0.497 e. The van der Waals surface area contributed by atoms with Gasteiger partial charge in [0.05, 0.1) is 37.8 Å². The van der Waals surface area contributed by atoms with Crippen molar-refractivity contribution in [2.75, 3.05) is 19.1 Å². The number of nitrogens with zero attached hydrogens (tertiary/aromatic N) is 1. The molecule has 2 amide bonds. The van der Waals surface area contributed by atoms with Crippen LogP contribution in [0, 0.1) is 11.8 Å². The molecule has 0 aromatic heterocycles. The van der Waals surface area contributed by atoms with Crippen LogP contribution in [0.3, 0.4) is 0 Å². The number of amides is 2. The van der Waals surface area contributed by atoms with Crippen LogP contribution < -0.4 is 14.4 Å². The molecule has 2 aliphatic heterocycles. The maximum Gasteiger partial charge on any atom is 0.241 e. The Morgan fingerprint density at radius 1 is 0.838 bits per heavy atom. The highest BCUT2D eigenvalue weighted by Crippen LogP contribution is 2.58. The van der Waals surface area contributed by atoms with E-state index in [1.54, 1.807) is 48.5 Å². The number of fused-ring (bicyclic) bond motifs is 3. The molecule has 0 unspecified atom stereocenters. The van der Waals surface area contributed by atoms with E-state index in [0.29, 0.717) is 16.3 Å². The minimum atomic E-state index is -2.15. The topological polar surface area (TPSA) is 99.2 Å². The number of hydrogen-bond donors (Lipinski definition) is 0. The number of methoxy groups -OCH3 is 2. The first-order valence-corrected chi connectivity index (χ1v) is 11.9.